The fourth-order valence-corrected chi connectivity index (χ4v) is 1.28. The fraction of sp³-hybridized carbons (Fsp3) is 0. The maximum absolute atomic E-state index is 5.76. The summed E-state index contributed by atoms with van der Waals surface area (Å²) in [6.45, 7) is 0. The highest BCUT2D eigenvalue weighted by Crippen LogP contribution is 2.13. The summed E-state index contributed by atoms with van der Waals surface area (Å²) in [5.41, 5.74) is 1.47. The zero-order valence-electron chi connectivity index (χ0n) is 5.63. The van der Waals surface area contributed by atoms with E-state index in [2.05, 4.69) is 10.2 Å². The second-order valence-electron chi connectivity index (χ2n) is 2.33. The molecule has 0 saturated heterocycles. The largest absolute Gasteiger partial charge is 0.278 e. The van der Waals surface area contributed by atoms with Crippen molar-refractivity contribution >= 4 is 35.8 Å². The van der Waals surface area contributed by atoms with Crippen molar-refractivity contribution in [2.45, 2.75) is 0 Å². The van der Waals surface area contributed by atoms with Crippen LogP contribution in [-0.4, -0.2) is 18.0 Å². The van der Waals surface area contributed by atoms with Gasteiger partial charge in [0.15, 0.2) is 0 Å². The van der Waals surface area contributed by atoms with Crippen LogP contribution in [0.1, 0.15) is 0 Å². The molecule has 2 radical (unpaired) electrons. The molecule has 0 atom stereocenters. The van der Waals surface area contributed by atoms with E-state index in [4.69, 9.17) is 19.4 Å². The Balaban J connectivity index is 2.91. The van der Waals surface area contributed by atoms with E-state index < -0.39 is 0 Å². The van der Waals surface area contributed by atoms with Crippen LogP contribution in [0.3, 0.4) is 0 Å². The van der Waals surface area contributed by atoms with E-state index >= 15 is 0 Å². The average Bonchev–Trinajstić information content (AvgIpc) is 2.34. The van der Waals surface area contributed by atoms with E-state index in [1.54, 1.807) is 12.3 Å². The summed E-state index contributed by atoms with van der Waals surface area (Å²) in [4.78, 5) is 0. The number of aromatic amines is 1. The smallest absolute Gasteiger partial charge is 0.116 e. The van der Waals surface area contributed by atoms with Crippen LogP contribution in [0.5, 0.6) is 0 Å². The fourth-order valence-electron chi connectivity index (χ4n) is 1.05. The Morgan fingerprint density at radius 1 is 1.45 bits per heavy atom. The SMILES string of the molecule is [B]c1cc(Cl)cc2cn[nH]c12. The summed E-state index contributed by atoms with van der Waals surface area (Å²) in [6, 6.07) is 3.51. The molecule has 0 aliphatic carbocycles. The highest BCUT2D eigenvalue weighted by Gasteiger charge is 1.99. The van der Waals surface area contributed by atoms with Crippen molar-refractivity contribution in [3.63, 3.8) is 0 Å². The minimum atomic E-state index is 0.630. The molecule has 0 unspecified atom stereocenters. The van der Waals surface area contributed by atoms with Gasteiger partial charge >= 0.3 is 0 Å². The molecule has 52 valence electrons. The van der Waals surface area contributed by atoms with Crippen molar-refractivity contribution in [3.05, 3.63) is 23.4 Å². The molecule has 0 fully saturated rings. The molecule has 11 heavy (non-hydrogen) atoms. The zero-order valence-corrected chi connectivity index (χ0v) is 6.39. The number of hydrogen-bond donors (Lipinski definition) is 1. The van der Waals surface area contributed by atoms with E-state index in [0.717, 1.165) is 10.9 Å². The summed E-state index contributed by atoms with van der Waals surface area (Å²) in [6.07, 6.45) is 1.69. The number of aromatic nitrogens is 2. The van der Waals surface area contributed by atoms with E-state index in [9.17, 15) is 0 Å². The van der Waals surface area contributed by atoms with Crippen LogP contribution >= 0.6 is 11.6 Å². The molecule has 0 spiro atoms. The number of benzene rings is 1. The Kier molecular flexibility index (Phi) is 1.39. The summed E-state index contributed by atoms with van der Waals surface area (Å²) < 4.78 is 0. The molecule has 1 N–H and O–H groups in total. The van der Waals surface area contributed by atoms with Gasteiger partial charge in [-0.15, -0.1) is 0 Å². The van der Waals surface area contributed by atoms with E-state index in [1.807, 2.05) is 6.07 Å². The maximum Gasteiger partial charge on any atom is 0.116 e. The van der Waals surface area contributed by atoms with Crippen LogP contribution in [0.25, 0.3) is 10.9 Å². The van der Waals surface area contributed by atoms with E-state index in [-0.39, 0.29) is 0 Å². The lowest BCUT2D eigenvalue weighted by Gasteiger charge is -1.95. The Morgan fingerprint density at radius 2 is 2.27 bits per heavy atom. The van der Waals surface area contributed by atoms with Crippen molar-refractivity contribution in [3.8, 4) is 0 Å². The van der Waals surface area contributed by atoms with Crippen LogP contribution < -0.4 is 5.46 Å². The van der Waals surface area contributed by atoms with Crippen molar-refractivity contribution < 1.29 is 0 Å². The number of nitrogens with one attached hydrogen (secondary N) is 1. The summed E-state index contributed by atoms with van der Waals surface area (Å²) in [5, 5.41) is 8.20. The third kappa shape index (κ3) is 1.01. The average molecular weight is 162 g/mol. The normalized spacial score (nSPS) is 10.6. The first-order valence-electron chi connectivity index (χ1n) is 3.15. The van der Waals surface area contributed by atoms with Crippen LogP contribution in [0.4, 0.5) is 0 Å². The summed E-state index contributed by atoms with van der Waals surface area (Å²) >= 11 is 5.76. The predicted octanol–water partition coefficient (Wildman–Crippen LogP) is 1.01. The molecular weight excluding hydrogens is 158 g/mol. The molecule has 2 aromatic rings. The number of rotatable bonds is 0. The second-order valence-corrected chi connectivity index (χ2v) is 2.77. The molecule has 0 aliphatic heterocycles. The Morgan fingerprint density at radius 3 is 3.09 bits per heavy atom. The summed E-state index contributed by atoms with van der Waals surface area (Å²) in [7, 11) is 5.65. The van der Waals surface area contributed by atoms with Gasteiger partial charge < -0.3 is 0 Å². The van der Waals surface area contributed by atoms with Gasteiger partial charge in [0.25, 0.3) is 0 Å². The van der Waals surface area contributed by atoms with Crippen molar-refractivity contribution in [1.82, 2.24) is 10.2 Å². The van der Waals surface area contributed by atoms with E-state index in [0.29, 0.717) is 10.5 Å². The first-order valence-corrected chi connectivity index (χ1v) is 3.53. The van der Waals surface area contributed by atoms with Gasteiger partial charge in [-0.05, 0) is 12.1 Å². The Bertz CT molecular complexity index is 396. The third-order valence-electron chi connectivity index (χ3n) is 1.54. The molecule has 0 aliphatic rings. The number of halogens is 1. The molecule has 1 aromatic heterocycles. The zero-order chi connectivity index (χ0) is 7.84. The monoisotopic (exact) mass is 162 g/mol. The minimum absolute atomic E-state index is 0.630. The molecular formula is C7H4BClN2. The first-order chi connectivity index (χ1) is 5.27. The summed E-state index contributed by atoms with van der Waals surface area (Å²) in [5.74, 6) is 0. The number of nitrogens with zero attached hydrogens (tertiary/aromatic N) is 1. The van der Waals surface area contributed by atoms with Crippen LogP contribution in [0.15, 0.2) is 18.3 Å². The molecule has 4 heteroatoms. The second kappa shape index (κ2) is 2.27. The predicted molar refractivity (Wildman–Crippen MR) is 46.5 cm³/mol. The molecule has 0 bridgehead atoms. The lowest BCUT2D eigenvalue weighted by Crippen LogP contribution is -2.02. The highest BCUT2D eigenvalue weighted by atomic mass is 35.5. The molecule has 0 amide bonds. The van der Waals surface area contributed by atoms with Crippen LogP contribution in [0, 0.1) is 0 Å². The first kappa shape index (κ1) is 6.74. The third-order valence-corrected chi connectivity index (χ3v) is 1.76. The Hall–Kier alpha value is -0.955. The van der Waals surface area contributed by atoms with Crippen LogP contribution in [-0.2, 0) is 0 Å². The van der Waals surface area contributed by atoms with Gasteiger partial charge in [-0.2, -0.15) is 5.10 Å². The van der Waals surface area contributed by atoms with Gasteiger partial charge in [-0.1, -0.05) is 17.1 Å². The van der Waals surface area contributed by atoms with Gasteiger partial charge in [-0.25, -0.2) is 0 Å². The van der Waals surface area contributed by atoms with Crippen LogP contribution in [0.2, 0.25) is 5.02 Å². The minimum Gasteiger partial charge on any atom is -0.278 e. The van der Waals surface area contributed by atoms with Crippen molar-refractivity contribution in [1.29, 1.82) is 0 Å². The lowest BCUT2D eigenvalue weighted by molar-refractivity contribution is 1.12. The number of H-pyrrole nitrogens is 1. The van der Waals surface area contributed by atoms with Gasteiger partial charge in [0.1, 0.15) is 7.85 Å². The molecule has 0 saturated carbocycles. The Labute approximate surface area is 70.0 Å². The van der Waals surface area contributed by atoms with Gasteiger partial charge in [-0.3, -0.25) is 5.10 Å². The van der Waals surface area contributed by atoms with E-state index in [1.165, 1.54) is 0 Å². The molecule has 1 heterocycles. The molecule has 1 aromatic carbocycles. The van der Waals surface area contributed by atoms with Crippen molar-refractivity contribution in [2.24, 2.45) is 0 Å². The quantitative estimate of drug-likeness (QED) is 0.576. The number of hydrogen-bond acceptors (Lipinski definition) is 1. The van der Waals surface area contributed by atoms with Gasteiger partial charge in [0.05, 0.1) is 11.7 Å². The highest BCUT2D eigenvalue weighted by molar-refractivity contribution is 6.41. The van der Waals surface area contributed by atoms with Crippen molar-refractivity contribution in [2.75, 3.05) is 0 Å². The standard InChI is InChI=1S/C7H4BClN2/c8-6-2-5(9)1-4-3-10-11-7(4)6/h1-3H,(H,10,11). The molecule has 2 nitrogen and oxygen atoms in total. The topological polar surface area (TPSA) is 28.7 Å². The van der Waals surface area contributed by atoms with Gasteiger partial charge in [0.2, 0.25) is 0 Å². The maximum atomic E-state index is 5.76. The lowest BCUT2D eigenvalue weighted by atomic mass is 9.94. The number of fused-ring (bicyclic) bond motifs is 1. The van der Waals surface area contributed by atoms with Gasteiger partial charge in [0, 0.05) is 10.4 Å². The molecule has 2 rings (SSSR count).